The highest BCUT2D eigenvalue weighted by Crippen LogP contribution is 2.17. The smallest absolute Gasteiger partial charge is 0.120 e. The molecule has 2 N–H and O–H groups in total. The molecule has 1 heterocycles. The number of rotatable bonds is 6. The summed E-state index contributed by atoms with van der Waals surface area (Å²) in [6.45, 7) is 4.36. The molecular formula is C14H19N3O. The topological polar surface area (TPSA) is 49.9 Å². The van der Waals surface area contributed by atoms with Crippen molar-refractivity contribution in [3.63, 3.8) is 0 Å². The van der Waals surface area contributed by atoms with Crippen LogP contribution < -0.4 is 5.32 Å². The highest BCUT2D eigenvalue weighted by molar-refractivity contribution is 5.58. The van der Waals surface area contributed by atoms with Gasteiger partial charge in [-0.2, -0.15) is 0 Å². The Morgan fingerprint density at radius 2 is 2.06 bits per heavy atom. The fourth-order valence-corrected chi connectivity index (χ4v) is 1.71. The Bertz CT molecular complexity index is 476. The Morgan fingerprint density at radius 3 is 2.78 bits per heavy atom. The van der Waals surface area contributed by atoms with Gasteiger partial charge in [0.1, 0.15) is 5.82 Å². The lowest BCUT2D eigenvalue weighted by Crippen LogP contribution is -2.19. The summed E-state index contributed by atoms with van der Waals surface area (Å²) >= 11 is 0. The number of nitrogens with one attached hydrogen (secondary N) is 2. The predicted molar refractivity (Wildman–Crippen MR) is 72.3 cm³/mol. The van der Waals surface area contributed by atoms with E-state index in [2.05, 4.69) is 46.5 Å². The molecule has 0 atom stereocenters. The van der Waals surface area contributed by atoms with Gasteiger partial charge in [0, 0.05) is 13.7 Å². The van der Waals surface area contributed by atoms with E-state index in [-0.39, 0.29) is 0 Å². The zero-order valence-electron chi connectivity index (χ0n) is 10.9. The highest BCUT2D eigenvalue weighted by atomic mass is 16.5. The fourth-order valence-electron chi connectivity index (χ4n) is 1.71. The average Bonchev–Trinajstić information content (AvgIpc) is 2.84. The molecule has 4 heteroatoms. The number of ether oxygens (including phenoxy) is 1. The number of aromatic amines is 1. The molecule has 18 heavy (non-hydrogen) atoms. The molecule has 2 aromatic rings. The van der Waals surface area contributed by atoms with Gasteiger partial charge in [0.15, 0.2) is 0 Å². The first-order chi connectivity index (χ1) is 8.79. The molecule has 0 aliphatic heterocycles. The van der Waals surface area contributed by atoms with Crippen molar-refractivity contribution in [1.29, 1.82) is 0 Å². The van der Waals surface area contributed by atoms with Gasteiger partial charge in [-0.05, 0) is 12.5 Å². The fraction of sp³-hybridized carbons (Fsp3) is 0.357. The number of nitrogens with zero attached hydrogens (tertiary/aromatic N) is 1. The monoisotopic (exact) mass is 245 g/mol. The second kappa shape index (κ2) is 6.33. The minimum Gasteiger partial charge on any atom is -0.383 e. The van der Waals surface area contributed by atoms with Gasteiger partial charge in [-0.3, -0.25) is 0 Å². The maximum Gasteiger partial charge on any atom is 0.120 e. The van der Waals surface area contributed by atoms with E-state index in [1.165, 1.54) is 5.56 Å². The van der Waals surface area contributed by atoms with E-state index in [9.17, 15) is 0 Å². The second-order valence-electron chi connectivity index (χ2n) is 4.28. The van der Waals surface area contributed by atoms with Crippen LogP contribution in [0.2, 0.25) is 0 Å². The minimum atomic E-state index is 0.714. The highest BCUT2D eigenvalue weighted by Gasteiger charge is 2.02. The van der Waals surface area contributed by atoms with Crippen LogP contribution in [0.5, 0.6) is 0 Å². The first kappa shape index (κ1) is 12.8. The normalized spacial score (nSPS) is 10.8. The molecule has 1 aromatic carbocycles. The minimum absolute atomic E-state index is 0.714. The summed E-state index contributed by atoms with van der Waals surface area (Å²) in [5, 5.41) is 3.26. The second-order valence-corrected chi connectivity index (χ2v) is 4.28. The van der Waals surface area contributed by atoms with E-state index in [4.69, 9.17) is 4.74 Å². The van der Waals surface area contributed by atoms with Crippen molar-refractivity contribution in [2.45, 2.75) is 13.5 Å². The molecule has 0 fully saturated rings. The number of aryl methyl sites for hydroxylation is 1. The van der Waals surface area contributed by atoms with Gasteiger partial charge in [-0.25, -0.2) is 4.98 Å². The van der Waals surface area contributed by atoms with Crippen molar-refractivity contribution in [1.82, 2.24) is 15.3 Å². The number of hydrogen-bond donors (Lipinski definition) is 2. The zero-order chi connectivity index (χ0) is 12.8. The molecule has 0 saturated heterocycles. The summed E-state index contributed by atoms with van der Waals surface area (Å²) in [5.74, 6) is 0.946. The van der Waals surface area contributed by atoms with Crippen molar-refractivity contribution >= 4 is 0 Å². The van der Waals surface area contributed by atoms with E-state index in [0.717, 1.165) is 30.2 Å². The van der Waals surface area contributed by atoms with Gasteiger partial charge in [0.2, 0.25) is 0 Å². The van der Waals surface area contributed by atoms with E-state index in [1.807, 2.05) is 6.20 Å². The zero-order valence-corrected chi connectivity index (χ0v) is 10.9. The van der Waals surface area contributed by atoms with Crippen molar-refractivity contribution < 1.29 is 4.74 Å². The van der Waals surface area contributed by atoms with Crippen LogP contribution in [0, 0.1) is 6.92 Å². The molecule has 0 radical (unpaired) electrons. The molecule has 0 aliphatic rings. The number of hydrogen-bond acceptors (Lipinski definition) is 3. The standard InChI is InChI=1S/C14H19N3O/c1-11-3-5-12(6-4-11)13-9-16-14(17-13)10-15-7-8-18-2/h3-6,9,15H,7-8,10H2,1-2H3,(H,16,17). The number of imidazole rings is 1. The predicted octanol–water partition coefficient (Wildman–Crippen LogP) is 2.12. The summed E-state index contributed by atoms with van der Waals surface area (Å²) in [7, 11) is 1.70. The van der Waals surface area contributed by atoms with Crippen LogP contribution in [-0.4, -0.2) is 30.2 Å². The maximum absolute atomic E-state index is 4.97. The number of benzene rings is 1. The van der Waals surface area contributed by atoms with Crippen LogP contribution >= 0.6 is 0 Å². The largest absolute Gasteiger partial charge is 0.383 e. The first-order valence-corrected chi connectivity index (χ1v) is 6.10. The van der Waals surface area contributed by atoms with Crippen molar-refractivity contribution in [3.05, 3.63) is 41.9 Å². The van der Waals surface area contributed by atoms with E-state index < -0.39 is 0 Å². The molecule has 96 valence electrons. The summed E-state index contributed by atoms with van der Waals surface area (Å²) < 4.78 is 4.97. The summed E-state index contributed by atoms with van der Waals surface area (Å²) in [4.78, 5) is 7.67. The molecule has 0 aliphatic carbocycles. The summed E-state index contributed by atoms with van der Waals surface area (Å²) in [5.41, 5.74) is 3.48. The Hall–Kier alpha value is -1.65. The number of H-pyrrole nitrogens is 1. The molecule has 1 aromatic heterocycles. The molecule has 0 bridgehead atoms. The molecule has 0 saturated carbocycles. The van der Waals surface area contributed by atoms with Crippen LogP contribution in [0.3, 0.4) is 0 Å². The van der Waals surface area contributed by atoms with Gasteiger partial charge >= 0.3 is 0 Å². The van der Waals surface area contributed by atoms with Gasteiger partial charge in [0.25, 0.3) is 0 Å². The number of aromatic nitrogens is 2. The lowest BCUT2D eigenvalue weighted by atomic mass is 10.1. The van der Waals surface area contributed by atoms with Crippen molar-refractivity contribution in [2.75, 3.05) is 20.3 Å². The van der Waals surface area contributed by atoms with Crippen LogP contribution in [0.1, 0.15) is 11.4 Å². The molecule has 0 amide bonds. The maximum atomic E-state index is 4.97. The van der Waals surface area contributed by atoms with Gasteiger partial charge in [-0.1, -0.05) is 29.8 Å². The summed E-state index contributed by atoms with van der Waals surface area (Å²) in [6.07, 6.45) is 1.87. The average molecular weight is 245 g/mol. The van der Waals surface area contributed by atoms with Crippen LogP contribution in [0.15, 0.2) is 30.5 Å². The molecule has 4 nitrogen and oxygen atoms in total. The van der Waals surface area contributed by atoms with Crippen molar-refractivity contribution in [2.24, 2.45) is 0 Å². The third-order valence-corrected chi connectivity index (χ3v) is 2.77. The van der Waals surface area contributed by atoms with E-state index >= 15 is 0 Å². The first-order valence-electron chi connectivity index (χ1n) is 6.10. The molecular weight excluding hydrogens is 226 g/mol. The van der Waals surface area contributed by atoms with Gasteiger partial charge in [-0.15, -0.1) is 0 Å². The van der Waals surface area contributed by atoms with Gasteiger partial charge < -0.3 is 15.0 Å². The van der Waals surface area contributed by atoms with Crippen LogP contribution in [0.25, 0.3) is 11.3 Å². The van der Waals surface area contributed by atoms with E-state index in [1.54, 1.807) is 7.11 Å². The Labute approximate surface area is 107 Å². The quantitative estimate of drug-likeness (QED) is 0.766. The lowest BCUT2D eigenvalue weighted by molar-refractivity contribution is 0.199. The van der Waals surface area contributed by atoms with E-state index in [0.29, 0.717) is 6.61 Å². The SMILES string of the molecule is COCCNCc1ncc(-c2ccc(C)cc2)[nH]1. The lowest BCUT2D eigenvalue weighted by Gasteiger charge is -2.01. The molecule has 2 rings (SSSR count). The Kier molecular flexibility index (Phi) is 4.50. The van der Waals surface area contributed by atoms with Gasteiger partial charge in [0.05, 0.1) is 25.0 Å². The summed E-state index contributed by atoms with van der Waals surface area (Å²) in [6, 6.07) is 8.41. The van der Waals surface area contributed by atoms with Crippen LogP contribution in [-0.2, 0) is 11.3 Å². The van der Waals surface area contributed by atoms with Crippen molar-refractivity contribution in [3.8, 4) is 11.3 Å². The molecule has 0 spiro atoms. The molecule has 0 unspecified atom stereocenters. The third kappa shape index (κ3) is 3.42. The Morgan fingerprint density at radius 1 is 1.28 bits per heavy atom. The van der Waals surface area contributed by atoms with Crippen LogP contribution in [0.4, 0.5) is 0 Å². The number of methoxy groups -OCH3 is 1. The third-order valence-electron chi connectivity index (χ3n) is 2.77. The Balaban J connectivity index is 1.95.